The van der Waals surface area contributed by atoms with Gasteiger partial charge in [-0.2, -0.15) is 8.78 Å². The van der Waals surface area contributed by atoms with E-state index in [-0.39, 0.29) is 30.0 Å². The molecular formula is C18H17F2NO5. The van der Waals surface area contributed by atoms with Crippen molar-refractivity contribution in [2.75, 3.05) is 13.7 Å². The molecule has 0 saturated carbocycles. The number of esters is 1. The molecule has 2 rings (SSSR count). The second kappa shape index (κ2) is 9.36. The molecule has 0 bridgehead atoms. The molecule has 0 unspecified atom stereocenters. The lowest BCUT2D eigenvalue weighted by Crippen LogP contribution is -2.30. The largest absolute Gasteiger partial charge is 0.496 e. The maximum absolute atomic E-state index is 12.3. The molecule has 0 aliphatic rings. The zero-order chi connectivity index (χ0) is 18.9. The Labute approximate surface area is 148 Å². The number of ether oxygens (including phenoxy) is 3. The maximum atomic E-state index is 12.3. The second-order valence-corrected chi connectivity index (χ2v) is 5.03. The number of carbonyl (C=O) groups is 2. The molecule has 0 aromatic heterocycles. The maximum Gasteiger partial charge on any atom is 0.387 e. The van der Waals surface area contributed by atoms with Crippen LogP contribution in [0.1, 0.15) is 15.9 Å². The minimum atomic E-state index is -2.98. The molecule has 8 heteroatoms. The van der Waals surface area contributed by atoms with E-state index in [2.05, 4.69) is 10.1 Å². The van der Waals surface area contributed by atoms with Gasteiger partial charge in [0.25, 0.3) is 5.91 Å². The van der Waals surface area contributed by atoms with Crippen molar-refractivity contribution in [3.8, 4) is 11.5 Å². The van der Waals surface area contributed by atoms with Gasteiger partial charge in [-0.1, -0.05) is 30.3 Å². The third-order valence-electron chi connectivity index (χ3n) is 3.32. The van der Waals surface area contributed by atoms with Gasteiger partial charge in [0, 0.05) is 5.56 Å². The highest BCUT2D eigenvalue weighted by atomic mass is 19.3. The third kappa shape index (κ3) is 5.44. The number of rotatable bonds is 8. The number of benzene rings is 2. The third-order valence-corrected chi connectivity index (χ3v) is 3.32. The lowest BCUT2D eigenvalue weighted by Gasteiger charge is -2.11. The molecule has 26 heavy (non-hydrogen) atoms. The number of halogens is 2. The Bertz CT molecular complexity index is 767. The lowest BCUT2D eigenvalue weighted by molar-refractivity contribution is -0.143. The van der Waals surface area contributed by atoms with Crippen LogP contribution in [0.2, 0.25) is 0 Å². The average molecular weight is 365 g/mol. The van der Waals surface area contributed by atoms with E-state index in [1.54, 1.807) is 30.3 Å². The van der Waals surface area contributed by atoms with Gasteiger partial charge in [-0.25, -0.2) is 0 Å². The van der Waals surface area contributed by atoms with Crippen molar-refractivity contribution in [3.05, 3.63) is 59.7 Å². The smallest absolute Gasteiger partial charge is 0.387 e. The average Bonchev–Trinajstić information content (AvgIpc) is 2.64. The van der Waals surface area contributed by atoms with Gasteiger partial charge in [-0.3, -0.25) is 9.59 Å². The summed E-state index contributed by atoms with van der Waals surface area (Å²) in [5.74, 6) is -0.925. The van der Waals surface area contributed by atoms with E-state index in [1.165, 1.54) is 25.3 Å². The monoisotopic (exact) mass is 365 g/mol. The molecule has 0 saturated heterocycles. The Hall–Kier alpha value is -3.16. The molecule has 0 aliphatic carbocycles. The predicted octanol–water partition coefficient (Wildman–Crippen LogP) is 2.77. The van der Waals surface area contributed by atoms with E-state index < -0.39 is 18.5 Å². The van der Waals surface area contributed by atoms with E-state index in [4.69, 9.17) is 9.47 Å². The Morgan fingerprint density at radius 1 is 1.04 bits per heavy atom. The Morgan fingerprint density at radius 2 is 1.69 bits per heavy atom. The summed E-state index contributed by atoms with van der Waals surface area (Å²) in [6.45, 7) is -3.62. The summed E-state index contributed by atoms with van der Waals surface area (Å²) in [5, 5.41) is 2.41. The number of hydrogen-bond acceptors (Lipinski definition) is 5. The van der Waals surface area contributed by atoms with Crippen LogP contribution in [0.25, 0.3) is 0 Å². The fourth-order valence-corrected chi connectivity index (χ4v) is 2.12. The predicted molar refractivity (Wildman–Crippen MR) is 88.2 cm³/mol. The van der Waals surface area contributed by atoms with E-state index in [9.17, 15) is 18.4 Å². The molecule has 0 spiro atoms. The zero-order valence-electron chi connectivity index (χ0n) is 13.9. The molecule has 0 heterocycles. The van der Waals surface area contributed by atoms with Gasteiger partial charge in [0.2, 0.25) is 0 Å². The molecule has 1 N–H and O–H groups in total. The molecule has 138 valence electrons. The topological polar surface area (TPSA) is 73.9 Å². The van der Waals surface area contributed by atoms with Gasteiger partial charge in [-0.05, 0) is 18.2 Å². The van der Waals surface area contributed by atoms with Crippen molar-refractivity contribution in [3.63, 3.8) is 0 Å². The van der Waals surface area contributed by atoms with Gasteiger partial charge >= 0.3 is 12.6 Å². The highest BCUT2D eigenvalue weighted by molar-refractivity contribution is 5.98. The number of carbonyl (C=O) groups excluding carboxylic acids is 2. The van der Waals surface area contributed by atoms with Crippen molar-refractivity contribution in [1.82, 2.24) is 5.32 Å². The number of para-hydroxylation sites is 2. The van der Waals surface area contributed by atoms with Crippen LogP contribution in [-0.2, 0) is 16.1 Å². The van der Waals surface area contributed by atoms with E-state index in [0.717, 1.165) is 0 Å². The molecule has 0 radical (unpaired) electrons. The van der Waals surface area contributed by atoms with E-state index >= 15 is 0 Å². The van der Waals surface area contributed by atoms with Gasteiger partial charge in [0.05, 0.1) is 12.7 Å². The summed E-state index contributed by atoms with van der Waals surface area (Å²) in [7, 11) is 1.43. The van der Waals surface area contributed by atoms with Crippen molar-refractivity contribution in [2.45, 2.75) is 13.2 Å². The summed E-state index contributed by atoms with van der Waals surface area (Å²) >= 11 is 0. The summed E-state index contributed by atoms with van der Waals surface area (Å²) in [6.07, 6.45) is 0. The summed E-state index contributed by atoms with van der Waals surface area (Å²) < 4.78 is 39.1. The number of nitrogens with one attached hydrogen (secondary N) is 1. The first kappa shape index (κ1) is 19.2. The first-order valence-corrected chi connectivity index (χ1v) is 7.61. The van der Waals surface area contributed by atoms with Crippen LogP contribution in [0, 0.1) is 0 Å². The minimum absolute atomic E-state index is 0.0756. The Balaban J connectivity index is 1.87. The summed E-state index contributed by atoms with van der Waals surface area (Å²) in [5.41, 5.74) is 0.565. The van der Waals surface area contributed by atoms with Crippen LogP contribution in [0.4, 0.5) is 8.78 Å². The molecular weight excluding hydrogens is 348 g/mol. The minimum Gasteiger partial charge on any atom is -0.496 e. The van der Waals surface area contributed by atoms with Gasteiger partial charge in [0.1, 0.15) is 24.7 Å². The van der Waals surface area contributed by atoms with Crippen LogP contribution in [0.3, 0.4) is 0 Å². The van der Waals surface area contributed by atoms with Gasteiger partial charge in [-0.15, -0.1) is 0 Å². The van der Waals surface area contributed by atoms with E-state index in [0.29, 0.717) is 5.75 Å². The van der Waals surface area contributed by atoms with Crippen LogP contribution < -0.4 is 14.8 Å². The van der Waals surface area contributed by atoms with Gasteiger partial charge < -0.3 is 19.5 Å². The molecule has 6 nitrogen and oxygen atoms in total. The molecule has 2 aromatic rings. The highest BCUT2D eigenvalue weighted by Crippen LogP contribution is 2.21. The highest BCUT2D eigenvalue weighted by Gasteiger charge is 2.14. The molecule has 1 amide bonds. The molecule has 0 atom stereocenters. The zero-order valence-corrected chi connectivity index (χ0v) is 13.9. The normalized spacial score (nSPS) is 10.3. The van der Waals surface area contributed by atoms with Crippen molar-refractivity contribution >= 4 is 11.9 Å². The summed E-state index contributed by atoms with van der Waals surface area (Å²) in [4.78, 5) is 23.9. The van der Waals surface area contributed by atoms with Gasteiger partial charge in [0.15, 0.2) is 0 Å². The van der Waals surface area contributed by atoms with Crippen LogP contribution in [0.5, 0.6) is 11.5 Å². The SMILES string of the molecule is COc1ccccc1C(=O)NCC(=O)OCc1ccccc1OC(F)F. The molecule has 0 aliphatic heterocycles. The Morgan fingerprint density at radius 3 is 2.38 bits per heavy atom. The Kier molecular flexibility index (Phi) is 6.90. The van der Waals surface area contributed by atoms with Crippen molar-refractivity contribution in [1.29, 1.82) is 0 Å². The fraction of sp³-hybridized carbons (Fsp3) is 0.222. The standard InChI is InChI=1S/C18H17F2NO5/c1-24-15-9-5-3-7-13(15)17(23)21-10-16(22)25-11-12-6-2-4-8-14(12)26-18(19)20/h2-9,18H,10-11H2,1H3,(H,21,23). The van der Waals surface area contributed by atoms with E-state index in [1.807, 2.05) is 0 Å². The van der Waals surface area contributed by atoms with Crippen molar-refractivity contribution in [2.24, 2.45) is 0 Å². The first-order chi connectivity index (χ1) is 12.5. The quantitative estimate of drug-likeness (QED) is 0.728. The first-order valence-electron chi connectivity index (χ1n) is 7.61. The number of methoxy groups -OCH3 is 1. The number of amides is 1. The molecule has 0 fully saturated rings. The van der Waals surface area contributed by atoms with Crippen molar-refractivity contribution < 1.29 is 32.6 Å². The fourth-order valence-electron chi connectivity index (χ4n) is 2.12. The second-order valence-electron chi connectivity index (χ2n) is 5.03. The summed E-state index contributed by atoms with van der Waals surface area (Å²) in [6, 6.07) is 12.5. The number of hydrogen-bond donors (Lipinski definition) is 1. The van der Waals surface area contributed by atoms with Crippen LogP contribution in [0.15, 0.2) is 48.5 Å². The molecule has 2 aromatic carbocycles. The van der Waals surface area contributed by atoms with Crippen LogP contribution >= 0.6 is 0 Å². The van der Waals surface area contributed by atoms with Crippen LogP contribution in [-0.4, -0.2) is 32.1 Å². The number of alkyl halides is 2. The lowest BCUT2D eigenvalue weighted by atomic mass is 10.2.